The summed E-state index contributed by atoms with van der Waals surface area (Å²) in [4.78, 5) is 25.0. The van der Waals surface area contributed by atoms with Crippen molar-refractivity contribution in [3.8, 4) is 11.3 Å². The average molecular weight is 496 g/mol. The van der Waals surface area contributed by atoms with Gasteiger partial charge in [0.25, 0.3) is 5.91 Å². The maximum absolute atomic E-state index is 14.6. The van der Waals surface area contributed by atoms with Crippen molar-refractivity contribution < 1.29 is 27.9 Å². The standard InChI is InChI=1S/C24H19F3N6O3/c25-16-11-21-13(2-1-5-29-21)8-15(16)12-30-23-20(32-28)4-3-19(31-23)14-9-17(26)22(18(27)10-14)24(35)33-36-7-6-34/h1-5,8-11,28,34H,6-7,12H2,(H,30,31)(H,33,35). The van der Waals surface area contributed by atoms with Gasteiger partial charge in [-0.05, 0) is 36.4 Å². The van der Waals surface area contributed by atoms with Crippen molar-refractivity contribution in [2.24, 2.45) is 5.11 Å². The number of hydroxylamine groups is 1. The van der Waals surface area contributed by atoms with E-state index >= 15 is 0 Å². The topological polar surface area (TPSA) is 133 Å². The number of fused-ring (bicyclic) bond motifs is 1. The van der Waals surface area contributed by atoms with E-state index in [1.165, 1.54) is 18.2 Å². The molecule has 1 amide bonds. The number of carbonyl (C=O) groups is 1. The first kappa shape index (κ1) is 24.7. The number of nitrogens with one attached hydrogen (secondary N) is 3. The van der Waals surface area contributed by atoms with Crippen LogP contribution in [-0.4, -0.2) is 34.2 Å². The molecule has 0 fully saturated rings. The van der Waals surface area contributed by atoms with E-state index in [0.717, 1.165) is 17.5 Å². The summed E-state index contributed by atoms with van der Waals surface area (Å²) in [5.74, 6) is -3.88. The molecule has 36 heavy (non-hydrogen) atoms. The SMILES string of the molecule is N=Nc1ccc(-c2cc(F)c(C(=O)NOCCO)c(F)c2)nc1NCc1cc2cccnc2cc1F. The predicted octanol–water partition coefficient (Wildman–Crippen LogP) is 4.64. The van der Waals surface area contributed by atoms with Crippen molar-refractivity contribution in [1.82, 2.24) is 15.4 Å². The van der Waals surface area contributed by atoms with Crippen LogP contribution in [0.1, 0.15) is 15.9 Å². The fourth-order valence-corrected chi connectivity index (χ4v) is 3.44. The number of aliphatic hydroxyl groups excluding tert-OH is 1. The lowest BCUT2D eigenvalue weighted by Gasteiger charge is -2.12. The monoisotopic (exact) mass is 496 g/mol. The van der Waals surface area contributed by atoms with E-state index in [0.29, 0.717) is 11.1 Å². The van der Waals surface area contributed by atoms with Gasteiger partial charge in [0.05, 0.1) is 24.4 Å². The van der Waals surface area contributed by atoms with Gasteiger partial charge < -0.3 is 10.4 Å². The summed E-state index contributed by atoms with van der Waals surface area (Å²) >= 11 is 0. The summed E-state index contributed by atoms with van der Waals surface area (Å²) in [5, 5.41) is 15.7. The summed E-state index contributed by atoms with van der Waals surface area (Å²) < 4.78 is 43.7. The highest BCUT2D eigenvalue weighted by Crippen LogP contribution is 2.30. The van der Waals surface area contributed by atoms with E-state index in [-0.39, 0.29) is 35.9 Å². The van der Waals surface area contributed by atoms with Crippen LogP contribution in [0.3, 0.4) is 0 Å². The quantitative estimate of drug-likeness (QED) is 0.152. The van der Waals surface area contributed by atoms with Gasteiger partial charge in [-0.2, -0.15) is 5.11 Å². The van der Waals surface area contributed by atoms with Gasteiger partial charge in [0.15, 0.2) is 5.82 Å². The number of halogens is 3. The van der Waals surface area contributed by atoms with E-state index in [2.05, 4.69) is 25.2 Å². The lowest BCUT2D eigenvalue weighted by molar-refractivity contribution is 0.0162. The van der Waals surface area contributed by atoms with Gasteiger partial charge in [0.1, 0.15) is 28.7 Å². The molecule has 2 aromatic carbocycles. The van der Waals surface area contributed by atoms with Gasteiger partial charge in [-0.25, -0.2) is 29.2 Å². The van der Waals surface area contributed by atoms with Gasteiger partial charge in [-0.3, -0.25) is 14.6 Å². The third-order valence-corrected chi connectivity index (χ3v) is 5.14. The molecular weight excluding hydrogens is 477 g/mol. The Balaban J connectivity index is 1.60. The second-order valence-corrected chi connectivity index (χ2v) is 7.49. The molecule has 0 aliphatic rings. The number of rotatable bonds is 9. The summed E-state index contributed by atoms with van der Waals surface area (Å²) in [5.41, 5.74) is 9.43. The Kier molecular flexibility index (Phi) is 7.47. The Morgan fingerprint density at radius 1 is 1.08 bits per heavy atom. The normalized spacial score (nSPS) is 10.9. The molecule has 0 aliphatic carbocycles. The smallest absolute Gasteiger partial charge is 0.280 e. The maximum Gasteiger partial charge on any atom is 0.280 e. The maximum atomic E-state index is 14.6. The van der Waals surface area contributed by atoms with Gasteiger partial charge in [-0.1, -0.05) is 6.07 Å². The van der Waals surface area contributed by atoms with Crippen molar-refractivity contribution in [2.45, 2.75) is 6.54 Å². The molecule has 2 aromatic heterocycles. The molecular formula is C24H19F3N6O3. The Morgan fingerprint density at radius 2 is 1.86 bits per heavy atom. The summed E-state index contributed by atoms with van der Waals surface area (Å²) in [6.07, 6.45) is 1.56. The van der Waals surface area contributed by atoms with Crippen molar-refractivity contribution in [3.63, 3.8) is 0 Å². The van der Waals surface area contributed by atoms with Crippen molar-refractivity contribution >= 4 is 28.3 Å². The van der Waals surface area contributed by atoms with Crippen LogP contribution in [0.2, 0.25) is 0 Å². The summed E-state index contributed by atoms with van der Waals surface area (Å²) in [7, 11) is 0. The molecule has 4 rings (SSSR count). The van der Waals surface area contributed by atoms with Crippen LogP contribution < -0.4 is 10.8 Å². The fourth-order valence-electron chi connectivity index (χ4n) is 3.44. The highest BCUT2D eigenvalue weighted by Gasteiger charge is 2.20. The average Bonchev–Trinajstić information content (AvgIpc) is 2.87. The first-order valence-electron chi connectivity index (χ1n) is 10.6. The number of pyridine rings is 2. The number of hydrogen-bond acceptors (Lipinski definition) is 8. The van der Waals surface area contributed by atoms with Crippen LogP contribution in [0.25, 0.3) is 22.2 Å². The molecule has 0 saturated heterocycles. The number of aliphatic hydroxyl groups is 1. The third-order valence-electron chi connectivity index (χ3n) is 5.14. The van der Waals surface area contributed by atoms with Gasteiger partial charge >= 0.3 is 0 Å². The minimum Gasteiger partial charge on any atom is -0.394 e. The Labute approximate surface area is 202 Å². The number of nitrogens with zero attached hydrogens (tertiary/aromatic N) is 3. The fraction of sp³-hybridized carbons (Fsp3) is 0.125. The minimum absolute atomic E-state index is 0.00862. The number of carbonyl (C=O) groups excluding carboxylic acids is 1. The van der Waals surface area contributed by atoms with E-state index in [9.17, 15) is 18.0 Å². The Hall–Kier alpha value is -4.42. The molecule has 0 radical (unpaired) electrons. The zero-order valence-electron chi connectivity index (χ0n) is 18.6. The zero-order chi connectivity index (χ0) is 25.7. The van der Waals surface area contributed by atoms with E-state index in [1.807, 2.05) is 5.48 Å². The Bertz CT molecular complexity index is 1430. The molecule has 0 saturated carbocycles. The summed E-state index contributed by atoms with van der Waals surface area (Å²) in [6.45, 7) is -0.650. The van der Waals surface area contributed by atoms with Crippen LogP contribution in [0.15, 0.2) is 59.8 Å². The van der Waals surface area contributed by atoms with E-state index < -0.39 is 35.5 Å². The predicted molar refractivity (Wildman–Crippen MR) is 124 cm³/mol. The molecule has 12 heteroatoms. The van der Waals surface area contributed by atoms with Crippen LogP contribution >= 0.6 is 0 Å². The van der Waals surface area contributed by atoms with Crippen molar-refractivity contribution in [1.29, 1.82) is 5.53 Å². The lowest BCUT2D eigenvalue weighted by atomic mass is 10.1. The number of hydrogen-bond donors (Lipinski definition) is 4. The zero-order valence-corrected chi connectivity index (χ0v) is 18.6. The van der Waals surface area contributed by atoms with Gasteiger partial charge in [0, 0.05) is 35.3 Å². The number of anilines is 1. The second kappa shape index (κ2) is 10.9. The van der Waals surface area contributed by atoms with Gasteiger partial charge in [0.2, 0.25) is 0 Å². The number of benzene rings is 2. The molecule has 9 nitrogen and oxygen atoms in total. The molecule has 0 atom stereocenters. The molecule has 4 aromatic rings. The number of aromatic nitrogens is 2. The van der Waals surface area contributed by atoms with Crippen molar-refractivity contribution in [3.05, 3.63) is 83.3 Å². The number of amides is 1. The van der Waals surface area contributed by atoms with Gasteiger partial charge in [-0.15, -0.1) is 0 Å². The highest BCUT2D eigenvalue weighted by atomic mass is 19.1. The first-order chi connectivity index (χ1) is 17.4. The molecule has 0 unspecified atom stereocenters. The summed E-state index contributed by atoms with van der Waals surface area (Å²) in [6, 6.07) is 11.1. The second-order valence-electron chi connectivity index (χ2n) is 7.49. The van der Waals surface area contributed by atoms with E-state index in [4.69, 9.17) is 10.6 Å². The van der Waals surface area contributed by atoms with Crippen LogP contribution in [-0.2, 0) is 11.4 Å². The van der Waals surface area contributed by atoms with Crippen molar-refractivity contribution in [2.75, 3.05) is 18.5 Å². The minimum atomic E-state index is -1.16. The molecule has 184 valence electrons. The van der Waals surface area contributed by atoms with E-state index in [1.54, 1.807) is 24.4 Å². The first-order valence-corrected chi connectivity index (χ1v) is 10.6. The highest BCUT2D eigenvalue weighted by molar-refractivity contribution is 5.94. The third kappa shape index (κ3) is 5.29. The molecule has 2 heterocycles. The van der Waals surface area contributed by atoms with Crippen LogP contribution in [0.4, 0.5) is 24.7 Å². The molecule has 4 N–H and O–H groups in total. The molecule has 0 spiro atoms. The largest absolute Gasteiger partial charge is 0.394 e. The Morgan fingerprint density at radius 3 is 2.58 bits per heavy atom. The van der Waals surface area contributed by atoms with Crippen LogP contribution in [0, 0.1) is 23.0 Å². The van der Waals surface area contributed by atoms with Crippen LogP contribution in [0.5, 0.6) is 0 Å². The molecule has 0 bridgehead atoms. The lowest BCUT2D eigenvalue weighted by Crippen LogP contribution is -2.27. The molecule has 0 aliphatic heterocycles.